The van der Waals surface area contributed by atoms with Crippen LogP contribution in [0.25, 0.3) is 6.08 Å². The summed E-state index contributed by atoms with van der Waals surface area (Å²) in [6, 6.07) is 8.80. The average molecular weight is 333 g/mol. The van der Waals surface area contributed by atoms with Crippen LogP contribution in [0.15, 0.2) is 40.8 Å². The summed E-state index contributed by atoms with van der Waals surface area (Å²) in [6.07, 6.45) is 4.14. The van der Waals surface area contributed by atoms with Crippen LogP contribution in [0.3, 0.4) is 0 Å². The van der Waals surface area contributed by atoms with Crippen molar-refractivity contribution < 1.29 is 17.6 Å². The number of benzene rings is 1. The average Bonchev–Trinajstić information content (AvgIpc) is 2.85. The molecule has 0 saturated heterocycles. The maximum Gasteiger partial charge on any atom is 0.248 e. The molecule has 5 nitrogen and oxygen atoms in total. The Hall–Kier alpha value is -2.34. The number of carbonyl (C=O) groups excluding carboxylic acids is 1. The van der Waals surface area contributed by atoms with Crippen molar-refractivity contribution in [3.05, 3.63) is 59.1 Å². The molecule has 23 heavy (non-hydrogen) atoms. The number of nitrogens with one attached hydrogen (secondary N) is 1. The molecule has 1 aromatic heterocycles. The number of rotatable bonds is 5. The summed E-state index contributed by atoms with van der Waals surface area (Å²) in [5, 5.41) is 2.75. The van der Waals surface area contributed by atoms with Crippen molar-refractivity contribution in [1.82, 2.24) is 0 Å². The lowest BCUT2D eigenvalue weighted by atomic mass is 10.1. The van der Waals surface area contributed by atoms with Gasteiger partial charge in [0.05, 0.1) is 5.75 Å². The predicted molar refractivity (Wildman–Crippen MR) is 90.8 cm³/mol. The molecule has 0 saturated carbocycles. The van der Waals surface area contributed by atoms with Gasteiger partial charge in [0.15, 0.2) is 9.84 Å². The minimum Gasteiger partial charge on any atom is -0.462 e. The molecule has 0 radical (unpaired) electrons. The lowest BCUT2D eigenvalue weighted by molar-refractivity contribution is -0.111. The van der Waals surface area contributed by atoms with E-state index >= 15 is 0 Å². The smallest absolute Gasteiger partial charge is 0.248 e. The minimum absolute atomic E-state index is 0.0515. The van der Waals surface area contributed by atoms with E-state index < -0.39 is 9.84 Å². The van der Waals surface area contributed by atoms with Gasteiger partial charge in [-0.1, -0.05) is 12.1 Å². The van der Waals surface area contributed by atoms with Crippen molar-refractivity contribution in [3.63, 3.8) is 0 Å². The molecule has 2 aromatic rings. The van der Waals surface area contributed by atoms with Crippen LogP contribution in [0.1, 0.15) is 22.6 Å². The van der Waals surface area contributed by atoms with Crippen LogP contribution in [0.2, 0.25) is 0 Å². The molecule has 0 spiro atoms. The number of hydrogen-bond donors (Lipinski definition) is 1. The van der Waals surface area contributed by atoms with Crippen LogP contribution in [0.5, 0.6) is 0 Å². The van der Waals surface area contributed by atoms with Crippen LogP contribution in [0.4, 0.5) is 5.69 Å². The summed E-state index contributed by atoms with van der Waals surface area (Å²) in [7, 11) is -3.13. The number of aryl methyl sites for hydroxylation is 1. The van der Waals surface area contributed by atoms with Crippen molar-refractivity contribution in [2.75, 3.05) is 11.6 Å². The second-order valence-corrected chi connectivity index (χ2v) is 7.57. The van der Waals surface area contributed by atoms with Gasteiger partial charge in [0.2, 0.25) is 5.91 Å². The van der Waals surface area contributed by atoms with Gasteiger partial charge >= 0.3 is 0 Å². The fourth-order valence-electron chi connectivity index (χ4n) is 2.13. The van der Waals surface area contributed by atoms with Crippen molar-refractivity contribution in [3.8, 4) is 0 Å². The molecule has 1 heterocycles. The molecule has 122 valence electrons. The highest BCUT2D eigenvalue weighted by Gasteiger charge is 2.10. The van der Waals surface area contributed by atoms with Crippen molar-refractivity contribution in [2.45, 2.75) is 19.6 Å². The number of sulfone groups is 1. The Kier molecular flexibility index (Phi) is 5.05. The zero-order chi connectivity index (χ0) is 17.0. The van der Waals surface area contributed by atoms with E-state index in [0.29, 0.717) is 17.0 Å². The van der Waals surface area contributed by atoms with Crippen LogP contribution < -0.4 is 5.32 Å². The third kappa shape index (κ3) is 5.10. The first-order valence-electron chi connectivity index (χ1n) is 7.06. The second-order valence-electron chi connectivity index (χ2n) is 5.43. The van der Waals surface area contributed by atoms with Gasteiger partial charge in [0.1, 0.15) is 11.5 Å². The van der Waals surface area contributed by atoms with E-state index in [1.165, 1.54) is 12.3 Å². The van der Waals surface area contributed by atoms with Gasteiger partial charge in [0.25, 0.3) is 0 Å². The summed E-state index contributed by atoms with van der Waals surface area (Å²) >= 11 is 0. The lowest BCUT2D eigenvalue weighted by Crippen LogP contribution is -2.10. The number of anilines is 1. The van der Waals surface area contributed by atoms with Crippen molar-refractivity contribution in [1.29, 1.82) is 0 Å². The lowest BCUT2D eigenvalue weighted by Gasteiger charge is -2.11. The Bertz CT molecular complexity index is 847. The predicted octanol–water partition coefficient (Wildman–Crippen LogP) is 3.09. The normalized spacial score (nSPS) is 11.8. The quantitative estimate of drug-likeness (QED) is 0.853. The molecular formula is C17H19NO4S. The van der Waals surface area contributed by atoms with Crippen LogP contribution in [-0.2, 0) is 20.4 Å². The number of hydrogen-bond acceptors (Lipinski definition) is 4. The summed E-state index contributed by atoms with van der Waals surface area (Å²) in [6.45, 7) is 3.61. The molecule has 6 heteroatoms. The van der Waals surface area contributed by atoms with E-state index in [0.717, 1.165) is 11.3 Å². The van der Waals surface area contributed by atoms with E-state index in [-0.39, 0.29) is 11.7 Å². The third-order valence-electron chi connectivity index (χ3n) is 3.28. The zero-order valence-electron chi connectivity index (χ0n) is 13.3. The fourth-order valence-corrected chi connectivity index (χ4v) is 3.01. The topological polar surface area (TPSA) is 76.4 Å². The Morgan fingerprint density at radius 3 is 2.57 bits per heavy atom. The first kappa shape index (κ1) is 17.0. The van der Waals surface area contributed by atoms with E-state index in [4.69, 9.17) is 4.42 Å². The highest BCUT2D eigenvalue weighted by atomic mass is 32.2. The SMILES string of the molecule is Cc1ccc(/C=C\C(=O)Nc2cccc(CS(C)(=O)=O)c2C)o1. The second kappa shape index (κ2) is 6.83. The molecule has 0 aliphatic carbocycles. The largest absolute Gasteiger partial charge is 0.462 e. The summed E-state index contributed by atoms with van der Waals surface area (Å²) in [4.78, 5) is 12.0. The van der Waals surface area contributed by atoms with Crippen LogP contribution in [0, 0.1) is 13.8 Å². The van der Waals surface area contributed by atoms with E-state index in [1.807, 2.05) is 13.0 Å². The summed E-state index contributed by atoms with van der Waals surface area (Å²) in [5.74, 6) is 1.01. The Labute approximate surface area is 135 Å². The Balaban J connectivity index is 2.12. The minimum atomic E-state index is -3.13. The van der Waals surface area contributed by atoms with Gasteiger partial charge in [-0.25, -0.2) is 8.42 Å². The van der Waals surface area contributed by atoms with Gasteiger partial charge in [-0.2, -0.15) is 0 Å². The zero-order valence-corrected chi connectivity index (χ0v) is 14.1. The number of amides is 1. The molecule has 0 atom stereocenters. The molecule has 1 amide bonds. The van der Waals surface area contributed by atoms with Crippen LogP contribution >= 0.6 is 0 Å². The molecule has 0 bridgehead atoms. The highest BCUT2D eigenvalue weighted by Crippen LogP contribution is 2.21. The summed E-state index contributed by atoms with van der Waals surface area (Å²) < 4.78 is 28.2. The monoisotopic (exact) mass is 333 g/mol. The maximum absolute atomic E-state index is 12.0. The molecule has 0 aliphatic rings. The van der Waals surface area contributed by atoms with E-state index in [1.54, 1.807) is 37.3 Å². The molecule has 0 fully saturated rings. The van der Waals surface area contributed by atoms with Gasteiger partial charge < -0.3 is 9.73 Å². The molecule has 1 aromatic carbocycles. The van der Waals surface area contributed by atoms with Gasteiger partial charge in [-0.3, -0.25) is 4.79 Å². The number of furan rings is 1. The molecule has 0 aliphatic heterocycles. The van der Waals surface area contributed by atoms with Gasteiger partial charge in [0, 0.05) is 18.0 Å². The molecule has 1 N–H and O–H groups in total. The molecule has 0 unspecified atom stereocenters. The molecular weight excluding hydrogens is 314 g/mol. The van der Waals surface area contributed by atoms with E-state index in [2.05, 4.69) is 5.32 Å². The summed E-state index contributed by atoms with van der Waals surface area (Å²) in [5.41, 5.74) is 2.01. The number of carbonyl (C=O) groups is 1. The van der Waals surface area contributed by atoms with Gasteiger partial charge in [-0.05, 0) is 49.2 Å². The first-order chi connectivity index (χ1) is 10.7. The van der Waals surface area contributed by atoms with Gasteiger partial charge in [-0.15, -0.1) is 0 Å². The molecule has 2 rings (SSSR count). The highest BCUT2D eigenvalue weighted by molar-refractivity contribution is 7.89. The standard InChI is InChI=1S/C17H19NO4S/c1-12-7-8-15(22-12)9-10-17(19)18-16-6-4-5-14(13(16)2)11-23(3,20)21/h4-10H,11H2,1-3H3,(H,18,19)/b10-9-. The maximum atomic E-state index is 12.0. The van der Waals surface area contributed by atoms with Crippen LogP contribution in [-0.4, -0.2) is 20.6 Å². The van der Waals surface area contributed by atoms with Crippen molar-refractivity contribution in [2.24, 2.45) is 0 Å². The van der Waals surface area contributed by atoms with Crippen molar-refractivity contribution >= 4 is 27.5 Å². The third-order valence-corrected chi connectivity index (χ3v) is 4.12. The Morgan fingerprint density at radius 2 is 1.96 bits per heavy atom. The van der Waals surface area contributed by atoms with E-state index in [9.17, 15) is 13.2 Å². The Morgan fingerprint density at radius 1 is 1.22 bits per heavy atom. The fraction of sp³-hybridized carbons (Fsp3) is 0.235. The first-order valence-corrected chi connectivity index (χ1v) is 9.12.